The number of aromatic nitrogens is 1. The number of hydrogen-bond donors (Lipinski definition) is 1. The Kier molecular flexibility index (Phi) is 9.57. The molecule has 40 heavy (non-hydrogen) atoms. The lowest BCUT2D eigenvalue weighted by Gasteiger charge is -2.26. The Morgan fingerprint density at radius 2 is 1.85 bits per heavy atom. The van der Waals surface area contributed by atoms with E-state index in [4.69, 9.17) is 32.7 Å². The summed E-state index contributed by atoms with van der Waals surface area (Å²) in [5.74, 6) is -0.0577. The molecule has 0 saturated carbocycles. The Morgan fingerprint density at radius 1 is 1.10 bits per heavy atom. The lowest BCUT2D eigenvalue weighted by Crippen LogP contribution is -2.36. The van der Waals surface area contributed by atoms with Gasteiger partial charge in [0.25, 0.3) is 10.0 Å². The molecule has 0 radical (unpaired) electrons. The molecular formula is C26H24Cl2F3N3O5S. The van der Waals surface area contributed by atoms with Crippen molar-refractivity contribution in [2.75, 3.05) is 37.6 Å². The van der Waals surface area contributed by atoms with Gasteiger partial charge in [0.15, 0.2) is 5.78 Å². The molecule has 2 aromatic carbocycles. The van der Waals surface area contributed by atoms with Crippen molar-refractivity contribution in [1.29, 1.82) is 0 Å². The van der Waals surface area contributed by atoms with E-state index in [-0.39, 0.29) is 28.1 Å². The monoisotopic (exact) mass is 617 g/mol. The molecule has 1 saturated heterocycles. The highest BCUT2D eigenvalue weighted by Gasteiger charge is 2.34. The Balaban J connectivity index is 1.48. The third-order valence-electron chi connectivity index (χ3n) is 5.97. The fraction of sp³-hybridized carbons (Fsp3) is 0.308. The molecule has 0 bridgehead atoms. The minimum absolute atomic E-state index is 0.0692. The number of pyridine rings is 1. The van der Waals surface area contributed by atoms with E-state index >= 15 is 0 Å². The van der Waals surface area contributed by atoms with Gasteiger partial charge in [-0.15, -0.1) is 0 Å². The zero-order valence-corrected chi connectivity index (χ0v) is 23.2. The van der Waals surface area contributed by atoms with E-state index in [1.54, 1.807) is 18.2 Å². The Hall–Kier alpha value is -2.90. The summed E-state index contributed by atoms with van der Waals surface area (Å²) < 4.78 is 78.3. The van der Waals surface area contributed by atoms with Crippen LogP contribution in [0.5, 0.6) is 11.6 Å². The number of halogens is 5. The number of hydrogen-bond acceptors (Lipinski definition) is 7. The number of rotatable bonds is 10. The second kappa shape index (κ2) is 12.7. The van der Waals surface area contributed by atoms with Crippen molar-refractivity contribution in [2.24, 2.45) is 0 Å². The normalized spacial score (nSPS) is 14.6. The van der Waals surface area contributed by atoms with Gasteiger partial charge < -0.3 is 9.47 Å². The molecule has 3 aromatic rings. The molecule has 1 N–H and O–H groups in total. The first-order chi connectivity index (χ1) is 18.9. The van der Waals surface area contributed by atoms with Gasteiger partial charge in [-0.05, 0) is 49.4 Å². The van der Waals surface area contributed by atoms with Crippen molar-refractivity contribution in [3.8, 4) is 11.6 Å². The lowest BCUT2D eigenvalue weighted by atomic mass is 10.1. The van der Waals surface area contributed by atoms with Crippen molar-refractivity contribution >= 4 is 44.7 Å². The number of ketones is 1. The minimum Gasteiger partial charge on any atom is -0.437 e. The summed E-state index contributed by atoms with van der Waals surface area (Å²) in [7, 11) is -4.42. The zero-order valence-electron chi connectivity index (χ0n) is 20.9. The van der Waals surface area contributed by atoms with E-state index in [1.807, 2.05) is 0 Å². The Morgan fingerprint density at radius 3 is 2.55 bits per heavy atom. The molecule has 8 nitrogen and oxygen atoms in total. The van der Waals surface area contributed by atoms with Crippen LogP contribution in [-0.2, 0) is 20.9 Å². The molecule has 0 spiro atoms. The summed E-state index contributed by atoms with van der Waals surface area (Å²) in [6, 6.07) is 9.63. The van der Waals surface area contributed by atoms with E-state index in [9.17, 15) is 26.4 Å². The van der Waals surface area contributed by atoms with Crippen LogP contribution >= 0.6 is 23.2 Å². The second-order valence-corrected chi connectivity index (χ2v) is 11.4. The second-order valence-electron chi connectivity index (χ2n) is 8.86. The molecule has 14 heteroatoms. The van der Waals surface area contributed by atoms with E-state index in [0.717, 1.165) is 25.7 Å². The van der Waals surface area contributed by atoms with Crippen LogP contribution in [0.15, 0.2) is 59.6 Å². The molecule has 1 aromatic heterocycles. The van der Waals surface area contributed by atoms with Gasteiger partial charge in [0.05, 0.1) is 33.7 Å². The quantitative estimate of drug-likeness (QED) is 0.267. The van der Waals surface area contributed by atoms with Gasteiger partial charge in [0.1, 0.15) is 11.4 Å². The van der Waals surface area contributed by atoms with Crippen LogP contribution < -0.4 is 9.46 Å². The number of anilines is 1. The number of carbonyl (C=O) groups is 1. The van der Waals surface area contributed by atoms with Crippen LogP contribution in [0.25, 0.3) is 0 Å². The first-order valence-corrected chi connectivity index (χ1v) is 14.3. The van der Waals surface area contributed by atoms with Gasteiger partial charge in [0, 0.05) is 31.3 Å². The standard InChI is InChI=1S/C26H24Cl2F3N3O5S/c27-18-14-23(33-40(36,37)20-6-7-21(22(28)15-20)26(29,30)31)25(32-16-18)39-19-4-1-3-17(13-19)24(35)5-2-8-34-9-11-38-12-10-34/h1,3-4,6-7,13-16,33H,2,5,8-12H2. The summed E-state index contributed by atoms with van der Waals surface area (Å²) in [6.45, 7) is 3.82. The summed E-state index contributed by atoms with van der Waals surface area (Å²) in [6.07, 6.45) is -2.50. The maximum absolute atomic E-state index is 13.0. The summed E-state index contributed by atoms with van der Waals surface area (Å²) >= 11 is 11.7. The SMILES string of the molecule is O=C(CCCN1CCOCC1)c1cccc(Oc2ncc(Cl)cc2NS(=O)(=O)c2ccc(C(F)(F)F)c(Cl)c2)c1. The van der Waals surface area contributed by atoms with E-state index in [0.29, 0.717) is 43.8 Å². The van der Waals surface area contributed by atoms with Crippen LogP contribution in [0.4, 0.5) is 18.9 Å². The van der Waals surface area contributed by atoms with Crippen molar-refractivity contribution in [1.82, 2.24) is 9.88 Å². The van der Waals surface area contributed by atoms with Gasteiger partial charge in [0.2, 0.25) is 5.88 Å². The van der Waals surface area contributed by atoms with Gasteiger partial charge in [-0.1, -0.05) is 35.3 Å². The number of nitrogens with zero attached hydrogens (tertiary/aromatic N) is 2. The molecule has 1 aliphatic rings. The number of morpholine rings is 1. The predicted octanol–water partition coefficient (Wildman–Crippen LogP) is 6.30. The van der Waals surface area contributed by atoms with Crippen LogP contribution in [-0.4, -0.2) is 56.9 Å². The fourth-order valence-corrected chi connectivity index (χ4v) is 5.54. The van der Waals surface area contributed by atoms with E-state index in [1.165, 1.54) is 18.3 Å². The van der Waals surface area contributed by atoms with Crippen LogP contribution in [0.2, 0.25) is 10.0 Å². The number of Topliss-reactive ketones (excluding diaryl/α,β-unsaturated/α-hetero) is 1. The van der Waals surface area contributed by atoms with Gasteiger partial charge in [-0.25, -0.2) is 13.4 Å². The summed E-state index contributed by atoms with van der Waals surface area (Å²) in [5, 5.41) is -0.706. The maximum Gasteiger partial charge on any atom is 0.417 e. The van der Waals surface area contributed by atoms with Crippen LogP contribution in [0.3, 0.4) is 0 Å². The smallest absolute Gasteiger partial charge is 0.417 e. The number of benzene rings is 2. The van der Waals surface area contributed by atoms with E-state index < -0.39 is 31.7 Å². The lowest BCUT2D eigenvalue weighted by molar-refractivity contribution is -0.137. The number of carbonyl (C=O) groups excluding carboxylic acids is 1. The van der Waals surface area contributed by atoms with Crippen LogP contribution in [0, 0.1) is 0 Å². The third-order valence-corrected chi connectivity index (χ3v) is 7.85. The zero-order chi connectivity index (χ0) is 28.9. The molecule has 2 heterocycles. The predicted molar refractivity (Wildman–Crippen MR) is 144 cm³/mol. The highest BCUT2D eigenvalue weighted by molar-refractivity contribution is 7.92. The summed E-state index contributed by atoms with van der Waals surface area (Å²) in [4.78, 5) is 18.5. The van der Waals surface area contributed by atoms with Crippen molar-refractivity contribution in [3.63, 3.8) is 0 Å². The average Bonchev–Trinajstić information content (AvgIpc) is 2.90. The maximum atomic E-state index is 13.0. The molecule has 0 atom stereocenters. The largest absolute Gasteiger partial charge is 0.437 e. The Labute approximate surface area is 239 Å². The van der Waals surface area contributed by atoms with Gasteiger partial charge in [-0.2, -0.15) is 13.2 Å². The van der Waals surface area contributed by atoms with Crippen molar-refractivity contribution < 1.29 is 35.9 Å². The molecule has 1 fully saturated rings. The number of alkyl halides is 3. The average molecular weight is 618 g/mol. The van der Waals surface area contributed by atoms with Crippen molar-refractivity contribution in [3.05, 3.63) is 75.9 Å². The molecule has 4 rings (SSSR count). The number of nitrogens with one attached hydrogen (secondary N) is 1. The first-order valence-electron chi connectivity index (χ1n) is 12.1. The topological polar surface area (TPSA) is 97.8 Å². The highest BCUT2D eigenvalue weighted by atomic mass is 35.5. The van der Waals surface area contributed by atoms with Gasteiger partial charge in [-0.3, -0.25) is 14.4 Å². The Bertz CT molecular complexity index is 1480. The summed E-state index contributed by atoms with van der Waals surface area (Å²) in [5.41, 5.74) is -0.933. The van der Waals surface area contributed by atoms with Crippen LogP contribution in [0.1, 0.15) is 28.8 Å². The van der Waals surface area contributed by atoms with E-state index in [2.05, 4.69) is 14.6 Å². The first kappa shape index (κ1) is 30.1. The molecule has 1 aliphatic heterocycles. The van der Waals surface area contributed by atoms with Crippen molar-refractivity contribution in [2.45, 2.75) is 23.9 Å². The molecule has 0 amide bonds. The third kappa shape index (κ3) is 7.85. The fourth-order valence-electron chi connectivity index (χ4n) is 3.95. The molecular weight excluding hydrogens is 594 g/mol. The minimum atomic E-state index is -4.75. The molecule has 214 valence electrons. The van der Waals surface area contributed by atoms with Gasteiger partial charge >= 0.3 is 6.18 Å². The highest BCUT2D eigenvalue weighted by Crippen LogP contribution is 2.37. The molecule has 0 unspecified atom stereocenters. The number of ether oxygens (including phenoxy) is 2. The molecule has 0 aliphatic carbocycles. The number of sulfonamides is 1.